The summed E-state index contributed by atoms with van der Waals surface area (Å²) in [5, 5.41) is 4.45. The predicted octanol–water partition coefficient (Wildman–Crippen LogP) is 2.89. The molecule has 31 heavy (non-hydrogen) atoms. The number of carbonyl (C=O) groups excluding carboxylic acids is 1. The number of piperidine rings is 1. The van der Waals surface area contributed by atoms with Gasteiger partial charge in [-0.05, 0) is 43.9 Å². The Kier molecular flexibility index (Phi) is 5.36. The van der Waals surface area contributed by atoms with Crippen molar-refractivity contribution >= 4 is 11.6 Å². The summed E-state index contributed by atoms with van der Waals surface area (Å²) >= 11 is 0. The van der Waals surface area contributed by atoms with Crippen molar-refractivity contribution in [2.45, 2.75) is 32.3 Å². The zero-order valence-electron chi connectivity index (χ0n) is 17.6. The Morgan fingerprint density at radius 1 is 1.16 bits per heavy atom. The van der Waals surface area contributed by atoms with Crippen molar-refractivity contribution in [3.63, 3.8) is 0 Å². The van der Waals surface area contributed by atoms with Gasteiger partial charge >= 0.3 is 0 Å². The molecule has 1 fully saturated rings. The first-order valence-electron chi connectivity index (χ1n) is 10.8. The standard InChI is InChI=1S/C23H26N4O4/c1-16-13-27-21(24-16)6-7-22(25-27)30-14-17-8-10-26(11-9-17)23(28)12-18-15-29-19-4-2-3-5-20(19)31-18/h2-7,13,17-18H,8-12,14-15H2,1H3. The number of carbonyl (C=O) groups is 1. The molecule has 5 rings (SSSR count). The molecule has 1 unspecified atom stereocenters. The first-order valence-corrected chi connectivity index (χ1v) is 10.8. The lowest BCUT2D eigenvalue weighted by atomic mass is 9.97. The van der Waals surface area contributed by atoms with E-state index >= 15 is 0 Å². The molecule has 0 N–H and O–H groups in total. The van der Waals surface area contributed by atoms with E-state index in [0.29, 0.717) is 37.2 Å². The van der Waals surface area contributed by atoms with Crippen molar-refractivity contribution in [1.29, 1.82) is 0 Å². The van der Waals surface area contributed by atoms with Gasteiger partial charge in [0.2, 0.25) is 11.8 Å². The van der Waals surface area contributed by atoms with E-state index in [9.17, 15) is 4.79 Å². The molecule has 2 aromatic heterocycles. The Balaban J connectivity index is 1.08. The molecule has 2 aliphatic rings. The molecule has 0 aliphatic carbocycles. The lowest BCUT2D eigenvalue weighted by Gasteiger charge is -2.33. The average Bonchev–Trinajstić information content (AvgIpc) is 3.17. The third-order valence-electron chi connectivity index (χ3n) is 5.82. The van der Waals surface area contributed by atoms with E-state index in [4.69, 9.17) is 14.2 Å². The molecular weight excluding hydrogens is 396 g/mol. The molecule has 3 aromatic rings. The van der Waals surface area contributed by atoms with Crippen LogP contribution in [0.2, 0.25) is 0 Å². The van der Waals surface area contributed by atoms with Crippen LogP contribution < -0.4 is 14.2 Å². The molecule has 1 aromatic carbocycles. The van der Waals surface area contributed by atoms with Crippen LogP contribution in [-0.4, -0.2) is 57.8 Å². The number of fused-ring (bicyclic) bond motifs is 2. The van der Waals surface area contributed by atoms with Gasteiger partial charge in [0.15, 0.2) is 17.1 Å². The minimum Gasteiger partial charge on any atom is -0.486 e. The zero-order chi connectivity index (χ0) is 21.2. The van der Waals surface area contributed by atoms with Crippen LogP contribution in [0, 0.1) is 12.8 Å². The van der Waals surface area contributed by atoms with Gasteiger partial charge in [-0.3, -0.25) is 4.79 Å². The Labute approximate surface area is 180 Å². The second-order valence-electron chi connectivity index (χ2n) is 8.19. The van der Waals surface area contributed by atoms with E-state index in [2.05, 4.69) is 10.1 Å². The summed E-state index contributed by atoms with van der Waals surface area (Å²) in [6.45, 7) is 4.43. The Morgan fingerprint density at radius 2 is 1.97 bits per heavy atom. The number of hydrogen-bond donors (Lipinski definition) is 0. The number of para-hydroxylation sites is 2. The van der Waals surface area contributed by atoms with Crippen LogP contribution in [0.25, 0.3) is 5.65 Å². The molecule has 1 saturated heterocycles. The molecule has 2 aliphatic heterocycles. The predicted molar refractivity (Wildman–Crippen MR) is 113 cm³/mol. The molecular formula is C23H26N4O4. The highest BCUT2D eigenvalue weighted by atomic mass is 16.6. The normalized spacial score (nSPS) is 18.9. The van der Waals surface area contributed by atoms with Gasteiger partial charge in [0.25, 0.3) is 0 Å². The van der Waals surface area contributed by atoms with Gasteiger partial charge in [0.05, 0.1) is 24.9 Å². The summed E-state index contributed by atoms with van der Waals surface area (Å²) in [5.74, 6) is 2.57. The zero-order valence-corrected chi connectivity index (χ0v) is 17.6. The van der Waals surface area contributed by atoms with Crippen molar-refractivity contribution in [3.8, 4) is 17.4 Å². The second kappa shape index (κ2) is 8.45. The highest BCUT2D eigenvalue weighted by Crippen LogP contribution is 2.32. The number of likely N-dealkylation sites (tertiary alicyclic amines) is 1. The van der Waals surface area contributed by atoms with Crippen LogP contribution in [0.4, 0.5) is 0 Å². The van der Waals surface area contributed by atoms with Gasteiger partial charge in [0, 0.05) is 19.2 Å². The summed E-state index contributed by atoms with van der Waals surface area (Å²) in [4.78, 5) is 19.0. The van der Waals surface area contributed by atoms with Crippen molar-refractivity contribution in [3.05, 3.63) is 48.3 Å². The van der Waals surface area contributed by atoms with E-state index in [0.717, 1.165) is 43.0 Å². The number of ether oxygens (including phenoxy) is 3. The maximum atomic E-state index is 12.7. The quantitative estimate of drug-likeness (QED) is 0.629. The van der Waals surface area contributed by atoms with Crippen LogP contribution in [0.15, 0.2) is 42.6 Å². The van der Waals surface area contributed by atoms with Gasteiger partial charge in [-0.2, -0.15) is 0 Å². The van der Waals surface area contributed by atoms with Crippen molar-refractivity contribution in [2.24, 2.45) is 5.92 Å². The minimum absolute atomic E-state index is 0.120. The lowest BCUT2D eigenvalue weighted by Crippen LogP contribution is -2.43. The monoisotopic (exact) mass is 422 g/mol. The molecule has 0 saturated carbocycles. The molecule has 8 nitrogen and oxygen atoms in total. The Hall–Kier alpha value is -3.29. The van der Waals surface area contributed by atoms with Crippen LogP contribution in [0.1, 0.15) is 25.0 Å². The van der Waals surface area contributed by atoms with Crippen LogP contribution in [-0.2, 0) is 4.79 Å². The number of benzene rings is 1. The Morgan fingerprint density at radius 3 is 2.81 bits per heavy atom. The number of aryl methyl sites for hydroxylation is 1. The molecule has 0 radical (unpaired) electrons. The molecule has 4 heterocycles. The second-order valence-corrected chi connectivity index (χ2v) is 8.19. The summed E-state index contributed by atoms with van der Waals surface area (Å²) in [6, 6.07) is 11.3. The maximum Gasteiger partial charge on any atom is 0.231 e. The van der Waals surface area contributed by atoms with E-state index in [1.807, 2.05) is 54.4 Å². The summed E-state index contributed by atoms with van der Waals surface area (Å²) in [7, 11) is 0. The molecule has 8 heteroatoms. The van der Waals surface area contributed by atoms with Gasteiger partial charge in [-0.15, -0.1) is 5.10 Å². The largest absolute Gasteiger partial charge is 0.486 e. The number of amides is 1. The summed E-state index contributed by atoms with van der Waals surface area (Å²) < 4.78 is 19.3. The van der Waals surface area contributed by atoms with Crippen LogP contribution in [0.5, 0.6) is 17.4 Å². The highest BCUT2D eigenvalue weighted by Gasteiger charge is 2.28. The number of rotatable bonds is 5. The van der Waals surface area contributed by atoms with Crippen LogP contribution >= 0.6 is 0 Å². The van der Waals surface area contributed by atoms with Crippen molar-refractivity contribution in [1.82, 2.24) is 19.5 Å². The van der Waals surface area contributed by atoms with Gasteiger partial charge in [0.1, 0.15) is 12.7 Å². The summed E-state index contributed by atoms with van der Waals surface area (Å²) in [5.41, 5.74) is 1.74. The van der Waals surface area contributed by atoms with E-state index in [1.54, 1.807) is 4.52 Å². The smallest absolute Gasteiger partial charge is 0.231 e. The fraction of sp³-hybridized carbons (Fsp3) is 0.435. The highest BCUT2D eigenvalue weighted by molar-refractivity contribution is 5.77. The van der Waals surface area contributed by atoms with E-state index in [-0.39, 0.29) is 12.0 Å². The first-order chi connectivity index (χ1) is 15.1. The van der Waals surface area contributed by atoms with Crippen molar-refractivity contribution < 1.29 is 19.0 Å². The van der Waals surface area contributed by atoms with Crippen molar-refractivity contribution in [2.75, 3.05) is 26.3 Å². The fourth-order valence-electron chi connectivity index (χ4n) is 4.10. The molecule has 162 valence electrons. The number of nitrogens with zero attached hydrogens (tertiary/aromatic N) is 4. The maximum absolute atomic E-state index is 12.7. The molecule has 1 atom stereocenters. The molecule has 1 amide bonds. The van der Waals surface area contributed by atoms with E-state index in [1.165, 1.54) is 0 Å². The van der Waals surface area contributed by atoms with E-state index < -0.39 is 0 Å². The van der Waals surface area contributed by atoms with Gasteiger partial charge < -0.3 is 19.1 Å². The number of imidazole rings is 1. The topological polar surface area (TPSA) is 78.2 Å². The van der Waals surface area contributed by atoms with Crippen LogP contribution in [0.3, 0.4) is 0 Å². The first kappa shape index (κ1) is 19.7. The number of hydrogen-bond acceptors (Lipinski definition) is 6. The molecule has 0 bridgehead atoms. The Bertz CT molecular complexity index is 1070. The summed E-state index contributed by atoms with van der Waals surface area (Å²) in [6.07, 6.45) is 3.82. The SMILES string of the molecule is Cc1cn2nc(OCC3CCN(C(=O)CC4COc5ccccc5O4)CC3)ccc2n1. The average molecular weight is 422 g/mol. The molecule has 0 spiro atoms. The third kappa shape index (κ3) is 4.42. The minimum atomic E-state index is -0.240. The van der Waals surface area contributed by atoms with Gasteiger partial charge in [-0.1, -0.05) is 12.1 Å². The fourth-order valence-corrected chi connectivity index (χ4v) is 4.10. The van der Waals surface area contributed by atoms with Gasteiger partial charge in [-0.25, -0.2) is 9.50 Å². The number of aromatic nitrogens is 3. The third-order valence-corrected chi connectivity index (χ3v) is 5.82. The lowest BCUT2D eigenvalue weighted by molar-refractivity contribution is -0.135.